The number of thiophene rings is 1. The van der Waals surface area contributed by atoms with Gasteiger partial charge in [-0.1, -0.05) is 6.07 Å². The number of nitrogens with zero attached hydrogens (tertiary/aromatic N) is 1. The molecule has 1 aromatic heterocycles. The first-order chi connectivity index (χ1) is 14.5. The lowest BCUT2D eigenvalue weighted by atomic mass is 9.97. The van der Waals surface area contributed by atoms with Gasteiger partial charge in [-0.3, -0.25) is 19.2 Å². The number of carbonyl (C=O) groups is 4. The molecule has 1 fully saturated rings. The SMILES string of the molecule is C[C@@H](NC(=O)[C@H]1C[C@@H](NS(=O)(=O)c2cccs2)CCN1C(=O)CSCC(=O)O)C(N)=O. The van der Waals surface area contributed by atoms with E-state index >= 15 is 0 Å². The zero-order valence-electron chi connectivity index (χ0n) is 16.6. The Hall–Kier alpha value is -2.16. The van der Waals surface area contributed by atoms with Crippen LogP contribution >= 0.6 is 23.1 Å². The van der Waals surface area contributed by atoms with Gasteiger partial charge in [-0.2, -0.15) is 0 Å². The van der Waals surface area contributed by atoms with Crippen LogP contribution in [0.25, 0.3) is 0 Å². The van der Waals surface area contributed by atoms with Gasteiger partial charge in [0.05, 0.1) is 11.5 Å². The number of sulfonamides is 1. The third-order valence-corrected chi connectivity index (χ3v) is 8.36. The van der Waals surface area contributed by atoms with Crippen molar-refractivity contribution in [3.05, 3.63) is 17.5 Å². The highest BCUT2D eigenvalue weighted by atomic mass is 32.2. The molecule has 1 aliphatic heterocycles. The van der Waals surface area contributed by atoms with Gasteiger partial charge in [-0.15, -0.1) is 23.1 Å². The van der Waals surface area contributed by atoms with E-state index in [-0.39, 0.29) is 35.1 Å². The van der Waals surface area contributed by atoms with Crippen LogP contribution in [0.1, 0.15) is 19.8 Å². The van der Waals surface area contributed by atoms with E-state index in [9.17, 15) is 27.6 Å². The second-order valence-electron chi connectivity index (χ2n) is 6.90. The number of nitrogens with two attached hydrogens (primary N) is 1. The highest BCUT2D eigenvalue weighted by Gasteiger charge is 2.38. The summed E-state index contributed by atoms with van der Waals surface area (Å²) < 4.78 is 27.8. The van der Waals surface area contributed by atoms with E-state index in [1.807, 2.05) is 0 Å². The summed E-state index contributed by atoms with van der Waals surface area (Å²) in [6, 6.07) is 0.446. The first-order valence-electron chi connectivity index (χ1n) is 9.25. The van der Waals surface area contributed by atoms with Gasteiger partial charge in [0.15, 0.2) is 0 Å². The van der Waals surface area contributed by atoms with E-state index in [4.69, 9.17) is 10.8 Å². The van der Waals surface area contributed by atoms with E-state index in [1.54, 1.807) is 11.4 Å². The molecule has 1 aliphatic rings. The molecular formula is C17H24N4O7S3. The summed E-state index contributed by atoms with van der Waals surface area (Å²) in [5, 5.41) is 12.8. The summed E-state index contributed by atoms with van der Waals surface area (Å²) in [7, 11) is -3.77. The minimum atomic E-state index is -3.77. The average molecular weight is 493 g/mol. The number of primary amides is 1. The minimum absolute atomic E-state index is 0.00272. The molecular weight excluding hydrogens is 468 g/mol. The molecule has 14 heteroatoms. The number of thioether (sulfide) groups is 1. The number of aliphatic carboxylic acids is 1. The molecule has 172 valence electrons. The zero-order chi connectivity index (χ0) is 23.2. The van der Waals surface area contributed by atoms with Crippen molar-refractivity contribution in [1.82, 2.24) is 14.9 Å². The Bertz CT molecular complexity index is 920. The van der Waals surface area contributed by atoms with Crippen LogP contribution in [0.3, 0.4) is 0 Å². The summed E-state index contributed by atoms with van der Waals surface area (Å²) in [5.41, 5.74) is 5.18. The summed E-state index contributed by atoms with van der Waals surface area (Å²) in [4.78, 5) is 48.6. The maximum atomic E-state index is 12.8. The van der Waals surface area contributed by atoms with E-state index < -0.39 is 51.8 Å². The predicted octanol–water partition coefficient (Wildman–Crippen LogP) is -0.806. The number of hydrogen-bond donors (Lipinski definition) is 4. The first-order valence-corrected chi connectivity index (χ1v) is 12.8. The number of piperidine rings is 1. The second-order valence-corrected chi connectivity index (χ2v) is 10.8. The number of rotatable bonds is 10. The van der Waals surface area contributed by atoms with Crippen LogP contribution in [0.2, 0.25) is 0 Å². The molecule has 3 amide bonds. The number of hydrogen-bond acceptors (Lipinski definition) is 8. The molecule has 11 nitrogen and oxygen atoms in total. The topological polar surface area (TPSA) is 176 Å². The van der Waals surface area contributed by atoms with Gasteiger partial charge < -0.3 is 21.1 Å². The van der Waals surface area contributed by atoms with Crippen LogP contribution in [0.5, 0.6) is 0 Å². The summed E-state index contributed by atoms with van der Waals surface area (Å²) in [6.45, 7) is 1.49. The van der Waals surface area contributed by atoms with Gasteiger partial charge in [-0.25, -0.2) is 13.1 Å². The number of likely N-dealkylation sites (tertiary alicyclic amines) is 1. The normalized spacial score (nSPS) is 20.1. The van der Waals surface area contributed by atoms with E-state index in [0.717, 1.165) is 23.1 Å². The number of nitrogens with one attached hydrogen (secondary N) is 2. The van der Waals surface area contributed by atoms with Crippen molar-refractivity contribution in [1.29, 1.82) is 0 Å². The standard InChI is InChI=1S/C17H24N4O7S3/c1-10(16(18)25)19-17(26)12-7-11(20-31(27,28)15-3-2-6-30-15)4-5-21(12)13(22)8-29-9-14(23)24/h2-3,6,10-12,20H,4-5,7-9H2,1H3,(H2,18,25)(H,19,26)(H,23,24)/t10-,11+,12-/m1/s1. The summed E-state index contributed by atoms with van der Waals surface area (Å²) in [6.07, 6.45) is 0.270. The molecule has 1 saturated heterocycles. The molecule has 0 radical (unpaired) electrons. The van der Waals surface area contributed by atoms with Gasteiger partial charge in [-0.05, 0) is 31.2 Å². The molecule has 3 atom stereocenters. The Morgan fingerprint density at radius 3 is 2.65 bits per heavy atom. The Kier molecular flexibility index (Phi) is 8.85. The Morgan fingerprint density at radius 2 is 2.06 bits per heavy atom. The van der Waals surface area contributed by atoms with Crippen molar-refractivity contribution in [2.75, 3.05) is 18.1 Å². The molecule has 31 heavy (non-hydrogen) atoms. The lowest BCUT2D eigenvalue weighted by molar-refractivity contribution is -0.141. The zero-order valence-corrected chi connectivity index (χ0v) is 19.1. The quantitative estimate of drug-likeness (QED) is 0.328. The van der Waals surface area contributed by atoms with E-state index in [1.165, 1.54) is 17.9 Å². The number of amides is 3. The van der Waals surface area contributed by atoms with Gasteiger partial charge in [0, 0.05) is 12.6 Å². The fourth-order valence-electron chi connectivity index (χ4n) is 3.00. The molecule has 5 N–H and O–H groups in total. The number of carboxylic acids is 1. The fourth-order valence-corrected chi connectivity index (χ4v) is 5.91. The van der Waals surface area contributed by atoms with Crippen molar-refractivity contribution >= 4 is 56.8 Å². The van der Waals surface area contributed by atoms with Crippen LogP contribution in [-0.4, -0.2) is 78.3 Å². The van der Waals surface area contributed by atoms with Crippen LogP contribution in [0.15, 0.2) is 21.7 Å². The van der Waals surface area contributed by atoms with Crippen LogP contribution in [-0.2, 0) is 29.2 Å². The lowest BCUT2D eigenvalue weighted by Gasteiger charge is -2.39. The molecule has 0 aliphatic carbocycles. The Balaban J connectivity index is 2.14. The molecule has 0 aromatic carbocycles. The monoisotopic (exact) mass is 492 g/mol. The maximum Gasteiger partial charge on any atom is 0.313 e. The third kappa shape index (κ3) is 7.19. The fraction of sp³-hybridized carbons (Fsp3) is 0.529. The molecule has 0 unspecified atom stereocenters. The molecule has 2 heterocycles. The smallest absolute Gasteiger partial charge is 0.313 e. The first kappa shape index (κ1) is 25.1. The van der Waals surface area contributed by atoms with Crippen molar-refractivity contribution in [3.63, 3.8) is 0 Å². The molecule has 1 aromatic rings. The average Bonchev–Trinajstić information content (AvgIpc) is 3.23. The highest BCUT2D eigenvalue weighted by Crippen LogP contribution is 2.23. The Morgan fingerprint density at radius 1 is 1.35 bits per heavy atom. The minimum Gasteiger partial charge on any atom is -0.481 e. The van der Waals surface area contributed by atoms with Gasteiger partial charge in [0.25, 0.3) is 0 Å². The predicted molar refractivity (Wildman–Crippen MR) is 115 cm³/mol. The lowest BCUT2D eigenvalue weighted by Crippen LogP contribution is -2.59. The summed E-state index contributed by atoms with van der Waals surface area (Å²) >= 11 is 1.96. The van der Waals surface area contributed by atoms with Crippen LogP contribution in [0, 0.1) is 0 Å². The molecule has 0 spiro atoms. The third-order valence-electron chi connectivity index (χ3n) is 4.54. The molecule has 0 saturated carbocycles. The number of carbonyl (C=O) groups excluding carboxylic acids is 3. The molecule has 2 rings (SSSR count). The van der Waals surface area contributed by atoms with E-state index in [2.05, 4.69) is 10.0 Å². The number of carboxylic acid groups (broad SMARTS) is 1. The largest absolute Gasteiger partial charge is 0.481 e. The van der Waals surface area contributed by atoms with Crippen LogP contribution < -0.4 is 15.8 Å². The maximum absolute atomic E-state index is 12.8. The Labute approximate surface area is 187 Å². The van der Waals surface area contributed by atoms with Gasteiger partial charge in [0.2, 0.25) is 27.7 Å². The van der Waals surface area contributed by atoms with Crippen molar-refractivity contribution in [2.24, 2.45) is 5.73 Å². The van der Waals surface area contributed by atoms with Crippen molar-refractivity contribution < 1.29 is 32.7 Å². The summed E-state index contributed by atoms with van der Waals surface area (Å²) in [5.74, 6) is -3.32. The van der Waals surface area contributed by atoms with E-state index in [0.29, 0.717) is 0 Å². The highest BCUT2D eigenvalue weighted by molar-refractivity contribution is 8.00. The molecule has 0 bridgehead atoms. The second kappa shape index (κ2) is 10.9. The van der Waals surface area contributed by atoms with Gasteiger partial charge >= 0.3 is 5.97 Å². The van der Waals surface area contributed by atoms with Crippen LogP contribution in [0.4, 0.5) is 0 Å². The van der Waals surface area contributed by atoms with Crippen molar-refractivity contribution in [3.8, 4) is 0 Å². The van der Waals surface area contributed by atoms with Gasteiger partial charge in [0.1, 0.15) is 16.3 Å². The van der Waals surface area contributed by atoms with Crippen molar-refractivity contribution in [2.45, 2.75) is 42.1 Å².